The van der Waals surface area contributed by atoms with E-state index >= 15 is 0 Å². The first-order valence-electron chi connectivity index (χ1n) is 7.70. The van der Waals surface area contributed by atoms with Crippen LogP contribution in [0, 0.1) is 6.92 Å². The smallest absolute Gasteiger partial charge is 0.240 e. The summed E-state index contributed by atoms with van der Waals surface area (Å²) in [6.07, 6.45) is 0.709. The molecule has 0 heterocycles. The van der Waals surface area contributed by atoms with Crippen molar-refractivity contribution >= 4 is 15.9 Å². The third-order valence-corrected chi connectivity index (χ3v) is 5.03. The third-order valence-electron chi connectivity index (χ3n) is 3.57. The van der Waals surface area contributed by atoms with Crippen LogP contribution in [-0.4, -0.2) is 59.7 Å². The Bertz CT molecular complexity index is 646. The van der Waals surface area contributed by atoms with Crippen molar-refractivity contribution in [1.29, 1.82) is 0 Å². The first-order valence-corrected chi connectivity index (χ1v) is 9.19. The maximum absolute atomic E-state index is 12.3. The van der Waals surface area contributed by atoms with Gasteiger partial charge < -0.3 is 14.4 Å². The van der Waals surface area contributed by atoms with E-state index < -0.39 is 10.0 Å². The zero-order chi connectivity index (χ0) is 18.2. The van der Waals surface area contributed by atoms with Crippen molar-refractivity contribution < 1.29 is 22.7 Å². The second kappa shape index (κ2) is 9.61. The van der Waals surface area contributed by atoms with Gasteiger partial charge in [0, 0.05) is 40.3 Å². The predicted octanol–water partition coefficient (Wildman–Crippen LogP) is 1.17. The number of hydrogen-bond acceptors (Lipinski definition) is 5. The molecule has 1 aromatic rings. The number of ether oxygens (including phenoxy) is 2. The number of nitrogens with zero attached hydrogens (tertiary/aromatic N) is 1. The van der Waals surface area contributed by atoms with Crippen LogP contribution in [0.3, 0.4) is 0 Å². The van der Waals surface area contributed by atoms with Gasteiger partial charge in [0.1, 0.15) is 5.75 Å². The van der Waals surface area contributed by atoms with Crippen molar-refractivity contribution in [3.63, 3.8) is 0 Å². The van der Waals surface area contributed by atoms with Gasteiger partial charge in [0.05, 0.1) is 12.0 Å². The number of amides is 1. The molecule has 0 spiro atoms. The molecular weight excluding hydrogens is 332 g/mol. The minimum absolute atomic E-state index is 0.0920. The summed E-state index contributed by atoms with van der Waals surface area (Å²) in [6.45, 7) is 4.81. The van der Waals surface area contributed by atoms with Crippen molar-refractivity contribution in [2.24, 2.45) is 0 Å². The monoisotopic (exact) mass is 358 g/mol. The number of nitrogens with one attached hydrogen (secondary N) is 1. The first kappa shape index (κ1) is 20.4. The van der Waals surface area contributed by atoms with E-state index in [1.165, 1.54) is 20.1 Å². The van der Waals surface area contributed by atoms with E-state index in [0.29, 0.717) is 31.9 Å². The van der Waals surface area contributed by atoms with Crippen molar-refractivity contribution in [2.45, 2.75) is 25.2 Å². The van der Waals surface area contributed by atoms with Gasteiger partial charge >= 0.3 is 0 Å². The van der Waals surface area contributed by atoms with Gasteiger partial charge in [-0.3, -0.25) is 4.79 Å². The van der Waals surface area contributed by atoms with Gasteiger partial charge in [0.15, 0.2) is 0 Å². The Kier molecular flexibility index (Phi) is 8.17. The molecule has 1 aromatic carbocycles. The lowest BCUT2D eigenvalue weighted by Gasteiger charge is -2.21. The number of benzene rings is 1. The van der Waals surface area contributed by atoms with Crippen LogP contribution in [0.4, 0.5) is 0 Å². The zero-order valence-corrected chi connectivity index (χ0v) is 15.5. The lowest BCUT2D eigenvalue weighted by molar-refractivity contribution is -0.128. The van der Waals surface area contributed by atoms with Crippen LogP contribution in [0.25, 0.3) is 0 Å². The molecule has 0 saturated carbocycles. The standard InChI is InChI=1S/C16H26N2O5S/c1-13-12-15(6-7-16(13)23-4)24(20,21)17-8-10-18(14(2)19)9-5-11-22-3/h6-7,12,17H,5,8-11H2,1-4H3. The Hall–Kier alpha value is -1.64. The Balaban J connectivity index is 2.64. The summed E-state index contributed by atoms with van der Waals surface area (Å²) in [5.41, 5.74) is 0.741. The van der Waals surface area contributed by atoms with Crippen LogP contribution >= 0.6 is 0 Å². The van der Waals surface area contributed by atoms with Gasteiger partial charge in [0.2, 0.25) is 15.9 Å². The molecule has 0 aromatic heterocycles. The highest BCUT2D eigenvalue weighted by Crippen LogP contribution is 2.21. The molecule has 0 aliphatic carbocycles. The highest BCUT2D eigenvalue weighted by molar-refractivity contribution is 7.89. The number of sulfonamides is 1. The first-order chi connectivity index (χ1) is 11.3. The van der Waals surface area contributed by atoms with E-state index in [-0.39, 0.29) is 17.3 Å². The molecule has 0 aliphatic rings. The SMILES string of the molecule is COCCCN(CCNS(=O)(=O)c1ccc(OC)c(C)c1)C(C)=O. The average molecular weight is 358 g/mol. The quantitative estimate of drug-likeness (QED) is 0.635. The normalized spacial score (nSPS) is 11.3. The predicted molar refractivity (Wildman–Crippen MR) is 91.7 cm³/mol. The van der Waals surface area contributed by atoms with E-state index in [0.717, 1.165) is 5.56 Å². The second-order valence-electron chi connectivity index (χ2n) is 5.38. The topological polar surface area (TPSA) is 84.9 Å². The molecule has 0 fully saturated rings. The summed E-state index contributed by atoms with van der Waals surface area (Å²) >= 11 is 0. The molecule has 8 heteroatoms. The van der Waals surface area contributed by atoms with E-state index in [1.54, 1.807) is 31.1 Å². The van der Waals surface area contributed by atoms with Crippen LogP contribution in [0.2, 0.25) is 0 Å². The lowest BCUT2D eigenvalue weighted by atomic mass is 10.2. The average Bonchev–Trinajstić information content (AvgIpc) is 2.53. The molecule has 0 unspecified atom stereocenters. The minimum atomic E-state index is -3.62. The number of methoxy groups -OCH3 is 2. The molecule has 0 bridgehead atoms. The van der Waals surface area contributed by atoms with Crippen LogP contribution in [0.1, 0.15) is 18.9 Å². The van der Waals surface area contributed by atoms with Crippen LogP contribution in [-0.2, 0) is 19.6 Å². The number of carbonyl (C=O) groups is 1. The molecule has 1 N–H and O–H groups in total. The molecule has 0 radical (unpaired) electrons. The third kappa shape index (κ3) is 6.10. The van der Waals surface area contributed by atoms with Crippen LogP contribution in [0.5, 0.6) is 5.75 Å². The second-order valence-corrected chi connectivity index (χ2v) is 7.15. The molecule has 0 aliphatic heterocycles. The van der Waals surface area contributed by atoms with Crippen molar-refractivity contribution in [3.8, 4) is 5.75 Å². The molecule has 24 heavy (non-hydrogen) atoms. The van der Waals surface area contributed by atoms with Gasteiger partial charge in [-0.1, -0.05) is 0 Å². The molecule has 1 amide bonds. The Labute approximate surface area is 144 Å². The summed E-state index contributed by atoms with van der Waals surface area (Å²) in [7, 11) is -0.486. The summed E-state index contributed by atoms with van der Waals surface area (Å²) in [6, 6.07) is 4.68. The summed E-state index contributed by atoms with van der Waals surface area (Å²) < 4.78 is 37.3. The Morgan fingerprint density at radius 3 is 2.50 bits per heavy atom. The van der Waals surface area contributed by atoms with Gasteiger partial charge in [-0.05, 0) is 37.1 Å². The molecule has 1 rings (SSSR count). The molecule has 0 atom stereocenters. The Morgan fingerprint density at radius 1 is 1.25 bits per heavy atom. The van der Waals surface area contributed by atoms with E-state index in [9.17, 15) is 13.2 Å². The van der Waals surface area contributed by atoms with Gasteiger partial charge in [-0.15, -0.1) is 0 Å². The van der Waals surface area contributed by atoms with E-state index in [2.05, 4.69) is 4.72 Å². The fourth-order valence-electron chi connectivity index (χ4n) is 2.24. The number of rotatable bonds is 10. The minimum Gasteiger partial charge on any atom is -0.496 e. The molecule has 136 valence electrons. The zero-order valence-electron chi connectivity index (χ0n) is 14.7. The van der Waals surface area contributed by atoms with Crippen LogP contribution < -0.4 is 9.46 Å². The maximum Gasteiger partial charge on any atom is 0.240 e. The summed E-state index contributed by atoms with van der Waals surface area (Å²) in [4.78, 5) is 13.3. The Morgan fingerprint density at radius 2 is 1.96 bits per heavy atom. The largest absolute Gasteiger partial charge is 0.496 e. The van der Waals surface area contributed by atoms with E-state index in [4.69, 9.17) is 9.47 Å². The van der Waals surface area contributed by atoms with Gasteiger partial charge in [0.25, 0.3) is 0 Å². The van der Waals surface area contributed by atoms with Crippen molar-refractivity contribution in [2.75, 3.05) is 40.5 Å². The maximum atomic E-state index is 12.3. The fourth-order valence-corrected chi connectivity index (χ4v) is 3.35. The van der Waals surface area contributed by atoms with Gasteiger partial charge in [-0.2, -0.15) is 0 Å². The highest BCUT2D eigenvalue weighted by Gasteiger charge is 2.16. The highest BCUT2D eigenvalue weighted by atomic mass is 32.2. The summed E-state index contributed by atoms with van der Waals surface area (Å²) in [5.74, 6) is 0.542. The van der Waals surface area contributed by atoms with Crippen molar-refractivity contribution in [1.82, 2.24) is 9.62 Å². The number of aryl methyl sites for hydroxylation is 1. The summed E-state index contributed by atoms with van der Waals surface area (Å²) in [5, 5.41) is 0. The number of hydrogen-bond donors (Lipinski definition) is 1. The van der Waals surface area contributed by atoms with E-state index in [1.807, 2.05) is 0 Å². The lowest BCUT2D eigenvalue weighted by Crippen LogP contribution is -2.38. The molecule has 0 saturated heterocycles. The van der Waals surface area contributed by atoms with Gasteiger partial charge in [-0.25, -0.2) is 13.1 Å². The van der Waals surface area contributed by atoms with Crippen LogP contribution in [0.15, 0.2) is 23.1 Å². The molecular formula is C16H26N2O5S. The van der Waals surface area contributed by atoms with Crippen molar-refractivity contribution in [3.05, 3.63) is 23.8 Å². The fraction of sp³-hybridized carbons (Fsp3) is 0.562. The number of carbonyl (C=O) groups excluding carboxylic acids is 1. The molecule has 7 nitrogen and oxygen atoms in total.